The number of aliphatic carboxylic acids is 3. The van der Waals surface area contributed by atoms with Gasteiger partial charge in [-0.3, -0.25) is 9.59 Å². The number of rotatable bonds is 5. The molecule has 0 atom stereocenters. The van der Waals surface area contributed by atoms with Crippen LogP contribution in [0.5, 0.6) is 0 Å². The van der Waals surface area contributed by atoms with E-state index < -0.39 is 45.4 Å². The molecule has 0 fully saturated rings. The number of hydrogen-bond donors (Lipinski definition) is 8. The van der Waals surface area contributed by atoms with E-state index in [1.54, 1.807) is 0 Å². The molecule has 0 saturated heterocycles. The van der Waals surface area contributed by atoms with Crippen LogP contribution in [-0.2, 0) is 14.4 Å². The van der Waals surface area contributed by atoms with E-state index in [-0.39, 0.29) is 62.0 Å². The summed E-state index contributed by atoms with van der Waals surface area (Å²) in [6, 6.07) is 0. The Hall–Kier alpha value is 0.427. The molecular formula is C6H14Na2O11Si. The van der Waals surface area contributed by atoms with Crippen LogP contribution in [0, 0.1) is 0 Å². The van der Waals surface area contributed by atoms with Gasteiger partial charge in [-0.05, 0) is 0 Å². The Labute approximate surface area is 160 Å². The Bertz CT molecular complexity index is 315. The fraction of sp³-hybridized carbons (Fsp3) is 0.500. The molecule has 0 aromatic heterocycles. The molecule has 0 unspecified atom stereocenters. The second-order valence-electron chi connectivity index (χ2n) is 3.08. The molecule has 0 saturated carbocycles. The van der Waals surface area contributed by atoms with E-state index in [1.807, 2.05) is 0 Å². The van der Waals surface area contributed by atoms with Gasteiger partial charge in [0.1, 0.15) is 0 Å². The van der Waals surface area contributed by atoms with Crippen molar-refractivity contribution in [2.24, 2.45) is 0 Å². The fourth-order valence-electron chi connectivity index (χ4n) is 0.714. The SMILES string of the molecule is O=C(O)CC(O)(CC(=O)O)C(=O)O.O[Si](O)(O)O.[H-].[H-].[Na+].[Na+]. The van der Waals surface area contributed by atoms with Crippen LogP contribution in [0.3, 0.4) is 0 Å². The maximum Gasteiger partial charge on any atom is 1.00 e. The summed E-state index contributed by atoms with van der Waals surface area (Å²) in [5, 5.41) is 33.8. The van der Waals surface area contributed by atoms with Crippen LogP contribution in [0.15, 0.2) is 0 Å². The van der Waals surface area contributed by atoms with Gasteiger partial charge in [-0.25, -0.2) is 4.79 Å². The van der Waals surface area contributed by atoms with Gasteiger partial charge in [-0.15, -0.1) is 0 Å². The normalized spacial score (nSPS) is 10.1. The molecule has 8 N–H and O–H groups in total. The van der Waals surface area contributed by atoms with Gasteiger partial charge in [0.05, 0.1) is 12.8 Å². The van der Waals surface area contributed by atoms with Gasteiger partial charge in [0.15, 0.2) is 5.60 Å². The predicted molar refractivity (Wildman–Crippen MR) is 53.9 cm³/mol. The van der Waals surface area contributed by atoms with Crippen molar-refractivity contribution < 1.29 is 116 Å². The van der Waals surface area contributed by atoms with Crippen molar-refractivity contribution in [2.75, 3.05) is 0 Å². The average molecular weight is 336 g/mol. The maximum absolute atomic E-state index is 10.3. The first kappa shape index (κ1) is 28.6. The zero-order valence-electron chi connectivity index (χ0n) is 12.7. The van der Waals surface area contributed by atoms with Crippen molar-refractivity contribution in [3.8, 4) is 0 Å². The van der Waals surface area contributed by atoms with Crippen molar-refractivity contribution in [3.63, 3.8) is 0 Å². The van der Waals surface area contributed by atoms with Crippen LogP contribution in [-0.4, -0.2) is 72.2 Å². The molecule has 0 spiro atoms. The third kappa shape index (κ3) is 20.7. The molecule has 110 valence electrons. The molecule has 0 aromatic rings. The Morgan fingerprint density at radius 2 is 1.05 bits per heavy atom. The molecule has 0 bridgehead atoms. The summed E-state index contributed by atoms with van der Waals surface area (Å²) >= 11 is 0. The van der Waals surface area contributed by atoms with Gasteiger partial charge >= 0.3 is 86.1 Å². The fourth-order valence-corrected chi connectivity index (χ4v) is 0.714. The second kappa shape index (κ2) is 12.0. The predicted octanol–water partition coefficient (Wildman–Crippen LogP) is -9.62. The average Bonchev–Trinajstić information content (AvgIpc) is 1.95. The molecular weight excluding hydrogens is 322 g/mol. The van der Waals surface area contributed by atoms with E-state index in [9.17, 15) is 14.4 Å². The largest absolute Gasteiger partial charge is 1.00 e. The quantitative estimate of drug-likeness (QED) is 0.221. The molecule has 0 rings (SSSR count). The van der Waals surface area contributed by atoms with E-state index in [0.717, 1.165) is 0 Å². The topological polar surface area (TPSA) is 213 Å². The first-order chi connectivity index (χ1) is 7.78. The minimum absolute atomic E-state index is 0. The van der Waals surface area contributed by atoms with Gasteiger partial charge < -0.3 is 42.5 Å². The van der Waals surface area contributed by atoms with Crippen LogP contribution < -0.4 is 59.1 Å². The smallest absolute Gasteiger partial charge is 1.00 e. The van der Waals surface area contributed by atoms with Gasteiger partial charge in [0.25, 0.3) is 0 Å². The van der Waals surface area contributed by atoms with Crippen LogP contribution in [0.4, 0.5) is 0 Å². The van der Waals surface area contributed by atoms with Gasteiger partial charge in [-0.1, -0.05) is 0 Å². The summed E-state index contributed by atoms with van der Waals surface area (Å²) in [6.07, 6.45) is -2.29. The summed E-state index contributed by atoms with van der Waals surface area (Å²) < 4.78 is 0. The molecule has 0 aliphatic rings. The molecule has 0 amide bonds. The zero-order chi connectivity index (χ0) is 15.1. The van der Waals surface area contributed by atoms with E-state index in [4.69, 9.17) is 39.6 Å². The van der Waals surface area contributed by atoms with Crippen molar-refractivity contribution in [1.82, 2.24) is 0 Å². The third-order valence-electron chi connectivity index (χ3n) is 1.29. The molecule has 14 heteroatoms. The number of carbonyl (C=O) groups is 3. The Balaban J connectivity index is -0.0000000627. The Morgan fingerprint density at radius 3 is 1.15 bits per heavy atom. The minimum Gasteiger partial charge on any atom is -1.00 e. The standard InChI is InChI=1S/C6H8O7.2Na.H4O4Si.2H/c7-3(8)1-6(13,5(11)12)2-4(9)10;;;1-5(2,3)4;;/h13H,1-2H2,(H,7,8)(H,9,10)(H,11,12);;;1-4H;;/q;2*+1;;2*-1. The summed E-state index contributed by atoms with van der Waals surface area (Å²) in [5.74, 6) is -5.02. The van der Waals surface area contributed by atoms with Gasteiger partial charge in [0, 0.05) is 0 Å². The Kier molecular flexibility index (Phi) is 17.2. The van der Waals surface area contributed by atoms with Gasteiger partial charge in [-0.2, -0.15) is 0 Å². The van der Waals surface area contributed by atoms with E-state index >= 15 is 0 Å². The minimum atomic E-state index is -4.61. The summed E-state index contributed by atoms with van der Waals surface area (Å²) in [7, 11) is -4.61. The summed E-state index contributed by atoms with van der Waals surface area (Å²) in [5.41, 5.74) is -2.74. The number of carboxylic acids is 3. The van der Waals surface area contributed by atoms with E-state index in [2.05, 4.69) is 0 Å². The van der Waals surface area contributed by atoms with Crippen molar-refractivity contribution in [3.05, 3.63) is 0 Å². The summed E-state index contributed by atoms with van der Waals surface area (Å²) in [6.45, 7) is 0. The van der Waals surface area contributed by atoms with Crippen LogP contribution in [0.2, 0.25) is 0 Å². The van der Waals surface area contributed by atoms with E-state index in [1.165, 1.54) is 0 Å². The van der Waals surface area contributed by atoms with Crippen LogP contribution in [0.1, 0.15) is 15.7 Å². The number of hydrogen-bond acceptors (Lipinski definition) is 8. The molecule has 0 aliphatic heterocycles. The molecule has 0 radical (unpaired) electrons. The van der Waals surface area contributed by atoms with Gasteiger partial charge in [0.2, 0.25) is 0 Å². The zero-order valence-corrected chi connectivity index (χ0v) is 15.7. The molecule has 11 nitrogen and oxygen atoms in total. The van der Waals surface area contributed by atoms with Crippen molar-refractivity contribution in [1.29, 1.82) is 0 Å². The van der Waals surface area contributed by atoms with Crippen LogP contribution in [0.25, 0.3) is 0 Å². The monoisotopic (exact) mass is 336 g/mol. The second-order valence-corrected chi connectivity index (χ2v) is 4.28. The van der Waals surface area contributed by atoms with Crippen LogP contribution >= 0.6 is 0 Å². The van der Waals surface area contributed by atoms with Crippen molar-refractivity contribution in [2.45, 2.75) is 18.4 Å². The number of carboxylic acid groups (broad SMARTS) is 3. The maximum atomic E-state index is 10.3. The Morgan fingerprint density at radius 1 is 0.850 bits per heavy atom. The summed E-state index contributed by atoms with van der Waals surface area (Å²) in [4.78, 5) is 59.8. The molecule has 20 heavy (non-hydrogen) atoms. The molecule has 0 heterocycles. The molecule has 0 aromatic carbocycles. The number of aliphatic hydroxyl groups is 1. The van der Waals surface area contributed by atoms with Crippen molar-refractivity contribution >= 4 is 27.0 Å². The first-order valence-electron chi connectivity index (χ1n) is 4.07. The molecule has 0 aliphatic carbocycles. The first-order valence-corrected chi connectivity index (χ1v) is 5.85. The van der Waals surface area contributed by atoms with E-state index in [0.29, 0.717) is 0 Å². The third-order valence-corrected chi connectivity index (χ3v) is 1.29.